The summed E-state index contributed by atoms with van der Waals surface area (Å²) in [6, 6.07) is 8.82. The van der Waals surface area contributed by atoms with E-state index in [-0.39, 0.29) is 19.1 Å². The molecule has 0 bridgehead atoms. The van der Waals surface area contributed by atoms with Crippen LogP contribution in [0.2, 0.25) is 0 Å². The lowest BCUT2D eigenvalue weighted by Crippen LogP contribution is -2.29. The number of halogens is 3. The fourth-order valence-electron chi connectivity index (χ4n) is 2.02. The topological polar surface area (TPSA) is 50.7 Å². The zero-order valence-corrected chi connectivity index (χ0v) is 14.3. The van der Waals surface area contributed by atoms with E-state index < -0.39 is 11.7 Å². The smallest absolute Gasteiger partial charge is 0.385 e. The summed E-state index contributed by atoms with van der Waals surface area (Å²) in [5.74, 6) is -0.380. The van der Waals surface area contributed by atoms with Crippen molar-refractivity contribution in [1.29, 1.82) is 0 Å². The van der Waals surface area contributed by atoms with Gasteiger partial charge in [0.1, 0.15) is 0 Å². The number of amides is 1. The predicted molar refractivity (Wildman–Crippen MR) is 90.6 cm³/mol. The Morgan fingerprint density at radius 2 is 2.08 bits per heavy atom. The molecule has 0 radical (unpaired) electrons. The minimum absolute atomic E-state index is 0.219. The molecule has 0 unspecified atom stereocenters. The molecule has 0 atom stereocenters. The largest absolute Gasteiger partial charge is 0.416 e. The molecule has 0 saturated carbocycles. The molecular formula is C17H17F3N2O2S. The lowest BCUT2D eigenvalue weighted by atomic mass is 10.1. The SMILES string of the molecule is C/C(=N/OCC(=O)NCCc1cccc(C(F)(F)F)c1)c1cccs1. The van der Waals surface area contributed by atoms with Crippen molar-refractivity contribution in [2.75, 3.05) is 13.2 Å². The van der Waals surface area contributed by atoms with Gasteiger partial charge < -0.3 is 10.2 Å². The summed E-state index contributed by atoms with van der Waals surface area (Å²) in [6.07, 6.45) is -4.07. The molecule has 0 aliphatic heterocycles. The van der Waals surface area contributed by atoms with Crippen molar-refractivity contribution >= 4 is 23.0 Å². The minimum atomic E-state index is -4.37. The fraction of sp³-hybridized carbons (Fsp3) is 0.294. The Hall–Kier alpha value is -2.35. The van der Waals surface area contributed by atoms with E-state index in [9.17, 15) is 18.0 Å². The average molecular weight is 370 g/mol. The van der Waals surface area contributed by atoms with E-state index in [1.807, 2.05) is 17.5 Å². The normalized spacial score (nSPS) is 12.1. The van der Waals surface area contributed by atoms with Crippen LogP contribution < -0.4 is 5.32 Å². The second-order valence-electron chi connectivity index (χ2n) is 5.23. The van der Waals surface area contributed by atoms with E-state index in [2.05, 4.69) is 10.5 Å². The quantitative estimate of drug-likeness (QED) is 0.594. The first-order valence-electron chi connectivity index (χ1n) is 7.49. The Kier molecular flexibility index (Phi) is 6.58. The number of hydrogen-bond donors (Lipinski definition) is 1. The molecule has 1 aromatic carbocycles. The van der Waals surface area contributed by atoms with Crippen LogP contribution in [0.25, 0.3) is 0 Å². The summed E-state index contributed by atoms with van der Waals surface area (Å²) in [4.78, 5) is 17.6. The Labute approximate surface area is 147 Å². The van der Waals surface area contributed by atoms with Crippen LogP contribution in [0.4, 0.5) is 13.2 Å². The maximum absolute atomic E-state index is 12.6. The van der Waals surface area contributed by atoms with Crippen LogP contribution in [0.15, 0.2) is 46.9 Å². The molecule has 4 nitrogen and oxygen atoms in total. The first-order chi connectivity index (χ1) is 11.9. The van der Waals surface area contributed by atoms with E-state index in [0.29, 0.717) is 17.7 Å². The third-order valence-electron chi connectivity index (χ3n) is 3.27. The van der Waals surface area contributed by atoms with Crippen molar-refractivity contribution in [2.24, 2.45) is 5.16 Å². The maximum Gasteiger partial charge on any atom is 0.416 e. The highest BCUT2D eigenvalue weighted by Crippen LogP contribution is 2.29. The highest BCUT2D eigenvalue weighted by atomic mass is 32.1. The number of rotatable bonds is 7. The molecule has 0 aliphatic rings. The molecular weight excluding hydrogens is 353 g/mol. The van der Waals surface area contributed by atoms with Crippen molar-refractivity contribution in [3.05, 3.63) is 57.8 Å². The van der Waals surface area contributed by atoms with Crippen LogP contribution in [-0.2, 0) is 22.2 Å². The molecule has 2 aromatic rings. The highest BCUT2D eigenvalue weighted by Gasteiger charge is 2.30. The number of carbonyl (C=O) groups is 1. The zero-order chi connectivity index (χ0) is 18.3. The Morgan fingerprint density at radius 3 is 2.76 bits per heavy atom. The molecule has 0 fully saturated rings. The second-order valence-corrected chi connectivity index (χ2v) is 6.17. The van der Waals surface area contributed by atoms with E-state index in [4.69, 9.17) is 4.84 Å². The number of alkyl halides is 3. The van der Waals surface area contributed by atoms with Gasteiger partial charge in [0.2, 0.25) is 0 Å². The highest BCUT2D eigenvalue weighted by molar-refractivity contribution is 7.12. The standard InChI is InChI=1S/C17H17F3N2O2S/c1-12(15-6-3-9-25-15)22-24-11-16(23)21-8-7-13-4-2-5-14(10-13)17(18,19)20/h2-6,9-10H,7-8,11H2,1H3,(H,21,23)/b22-12-. The van der Waals surface area contributed by atoms with Gasteiger partial charge in [-0.25, -0.2) is 0 Å². The van der Waals surface area contributed by atoms with Crippen molar-refractivity contribution < 1.29 is 22.8 Å². The minimum Gasteiger partial charge on any atom is -0.385 e. The number of thiophene rings is 1. The molecule has 0 saturated heterocycles. The van der Waals surface area contributed by atoms with E-state index >= 15 is 0 Å². The van der Waals surface area contributed by atoms with Crippen LogP contribution in [0.1, 0.15) is 22.9 Å². The predicted octanol–water partition coefficient (Wildman–Crippen LogP) is 3.87. The summed E-state index contributed by atoms with van der Waals surface area (Å²) in [5, 5.41) is 8.35. The lowest BCUT2D eigenvalue weighted by molar-refractivity contribution is -0.137. The molecule has 2 rings (SSSR count). The van der Waals surface area contributed by atoms with Crippen LogP contribution in [0, 0.1) is 0 Å². The van der Waals surface area contributed by atoms with Gasteiger partial charge in [-0.2, -0.15) is 13.2 Å². The van der Waals surface area contributed by atoms with Crippen molar-refractivity contribution in [2.45, 2.75) is 19.5 Å². The summed E-state index contributed by atoms with van der Waals surface area (Å²) in [5.41, 5.74) is 0.479. The van der Waals surface area contributed by atoms with Crippen LogP contribution in [-0.4, -0.2) is 24.8 Å². The van der Waals surface area contributed by atoms with Gasteiger partial charge in [-0.1, -0.05) is 29.4 Å². The molecule has 0 aliphatic carbocycles. The molecule has 1 N–H and O–H groups in total. The van der Waals surface area contributed by atoms with Crippen molar-refractivity contribution in [3.63, 3.8) is 0 Å². The van der Waals surface area contributed by atoms with Crippen LogP contribution in [0.3, 0.4) is 0 Å². The number of benzene rings is 1. The second kappa shape index (κ2) is 8.66. The molecule has 0 spiro atoms. The number of nitrogens with zero attached hydrogens (tertiary/aromatic N) is 1. The Balaban J connectivity index is 1.73. The molecule has 25 heavy (non-hydrogen) atoms. The first kappa shape index (κ1) is 19.0. The molecule has 8 heteroatoms. The van der Waals surface area contributed by atoms with Gasteiger partial charge in [0.05, 0.1) is 16.2 Å². The van der Waals surface area contributed by atoms with E-state index in [1.165, 1.54) is 17.4 Å². The van der Waals surface area contributed by atoms with Gasteiger partial charge in [0, 0.05) is 6.54 Å². The van der Waals surface area contributed by atoms with E-state index in [0.717, 1.165) is 17.0 Å². The number of nitrogens with one attached hydrogen (secondary N) is 1. The van der Waals surface area contributed by atoms with Gasteiger partial charge >= 0.3 is 6.18 Å². The molecule has 1 heterocycles. The summed E-state index contributed by atoms with van der Waals surface area (Å²) < 4.78 is 37.9. The van der Waals surface area contributed by atoms with Gasteiger partial charge in [-0.3, -0.25) is 4.79 Å². The maximum atomic E-state index is 12.6. The van der Waals surface area contributed by atoms with Crippen molar-refractivity contribution in [3.8, 4) is 0 Å². The molecule has 1 amide bonds. The lowest BCUT2D eigenvalue weighted by Gasteiger charge is -2.09. The van der Waals surface area contributed by atoms with Crippen molar-refractivity contribution in [1.82, 2.24) is 5.32 Å². The summed E-state index contributed by atoms with van der Waals surface area (Å²) in [6.45, 7) is 1.75. The fourth-order valence-corrected chi connectivity index (χ4v) is 2.69. The summed E-state index contributed by atoms with van der Waals surface area (Å²) >= 11 is 1.51. The number of oxime groups is 1. The third kappa shape index (κ3) is 6.22. The molecule has 134 valence electrons. The average Bonchev–Trinajstić information content (AvgIpc) is 3.09. The van der Waals surface area contributed by atoms with Gasteiger partial charge in [0.15, 0.2) is 6.61 Å². The Morgan fingerprint density at radius 1 is 1.28 bits per heavy atom. The zero-order valence-electron chi connectivity index (χ0n) is 13.5. The third-order valence-corrected chi connectivity index (χ3v) is 4.24. The van der Waals surface area contributed by atoms with Gasteiger partial charge in [-0.05, 0) is 36.4 Å². The number of hydrogen-bond acceptors (Lipinski definition) is 4. The van der Waals surface area contributed by atoms with E-state index in [1.54, 1.807) is 13.0 Å². The van der Waals surface area contributed by atoms with Crippen LogP contribution in [0.5, 0.6) is 0 Å². The van der Waals surface area contributed by atoms with Crippen LogP contribution >= 0.6 is 11.3 Å². The number of carbonyl (C=O) groups excluding carboxylic acids is 1. The Bertz CT molecular complexity index is 728. The molecule has 1 aromatic heterocycles. The van der Waals surface area contributed by atoms with Gasteiger partial charge in [0.25, 0.3) is 5.91 Å². The summed E-state index contributed by atoms with van der Waals surface area (Å²) in [7, 11) is 0. The monoisotopic (exact) mass is 370 g/mol. The van der Waals surface area contributed by atoms with Gasteiger partial charge in [-0.15, -0.1) is 11.3 Å². The first-order valence-corrected chi connectivity index (χ1v) is 8.37.